The van der Waals surface area contributed by atoms with Gasteiger partial charge in [-0.3, -0.25) is 19.2 Å². The summed E-state index contributed by atoms with van der Waals surface area (Å²) in [6.07, 6.45) is 0. The molecule has 0 aliphatic rings. The van der Waals surface area contributed by atoms with Gasteiger partial charge in [-0.25, -0.2) is 0 Å². The molecule has 0 saturated carbocycles. The quantitative estimate of drug-likeness (QED) is 0.681. The van der Waals surface area contributed by atoms with Crippen LogP contribution in [0.1, 0.15) is 27.6 Å². The van der Waals surface area contributed by atoms with Crippen LogP contribution in [0.25, 0.3) is 0 Å². The number of carbonyl (C=O) groups is 4. The Morgan fingerprint density at radius 3 is 1.89 bits per heavy atom. The van der Waals surface area contributed by atoms with Crippen LogP contribution in [0.4, 0.5) is 0 Å². The fourth-order valence-electron chi connectivity index (χ4n) is 2.11. The molecule has 0 radical (unpaired) electrons. The molecular weight excluding hydrogens is 398 g/mol. The van der Waals surface area contributed by atoms with Crippen molar-refractivity contribution >= 4 is 45.6 Å². The predicted octanol–water partition coefficient (Wildman–Crippen LogP) is 3.09. The van der Waals surface area contributed by atoms with E-state index in [0.29, 0.717) is 11.1 Å². The number of carbonyl (C=O) groups excluding carboxylic acids is 3. The molecule has 0 aromatic heterocycles. The van der Waals surface area contributed by atoms with Gasteiger partial charge in [-0.2, -0.15) is 0 Å². The maximum Gasteiger partial charge on any atom is 0.325 e. The van der Waals surface area contributed by atoms with E-state index in [1.165, 1.54) is 6.92 Å². The number of benzene rings is 2. The molecule has 8 heteroatoms. The highest BCUT2D eigenvalue weighted by atomic mass is 32.2. The fraction of sp³-hybridized carbons (Fsp3) is 0.200. The minimum Gasteiger partial charge on any atom is -0.480 e. The third kappa shape index (κ3) is 6.54. The van der Waals surface area contributed by atoms with Crippen LogP contribution in [0.3, 0.4) is 0 Å². The van der Waals surface area contributed by atoms with Crippen LogP contribution in [0, 0.1) is 0 Å². The average Bonchev–Trinajstić information content (AvgIpc) is 2.71. The van der Waals surface area contributed by atoms with E-state index in [2.05, 4.69) is 5.32 Å². The number of hydrogen-bond donors (Lipinski definition) is 2. The molecule has 1 amide bonds. The number of rotatable bonds is 8. The van der Waals surface area contributed by atoms with Gasteiger partial charge in [0.2, 0.25) is 16.1 Å². The van der Waals surface area contributed by atoms with Gasteiger partial charge in [-0.1, -0.05) is 84.2 Å². The van der Waals surface area contributed by atoms with E-state index in [1.807, 2.05) is 0 Å². The average molecular weight is 418 g/mol. The number of carboxylic acid groups (broad SMARTS) is 1. The lowest BCUT2D eigenvalue weighted by Crippen LogP contribution is -2.44. The first kappa shape index (κ1) is 21.7. The first-order valence-electron chi connectivity index (χ1n) is 8.40. The summed E-state index contributed by atoms with van der Waals surface area (Å²) in [6, 6.07) is 16.0. The monoisotopic (exact) mass is 417 g/mol. The summed E-state index contributed by atoms with van der Waals surface area (Å²) in [6.45, 7) is 1.34. The smallest absolute Gasteiger partial charge is 0.325 e. The second kappa shape index (κ2) is 10.7. The maximum atomic E-state index is 12.5. The number of nitrogens with one attached hydrogen (secondary N) is 1. The van der Waals surface area contributed by atoms with E-state index < -0.39 is 23.2 Å². The zero-order valence-corrected chi connectivity index (χ0v) is 16.7. The number of hydrogen-bond acceptors (Lipinski definition) is 6. The van der Waals surface area contributed by atoms with Gasteiger partial charge in [-0.05, 0) is 6.92 Å². The maximum absolute atomic E-state index is 12.5. The lowest BCUT2D eigenvalue weighted by atomic mass is 10.2. The van der Waals surface area contributed by atoms with Crippen molar-refractivity contribution in [1.29, 1.82) is 0 Å². The molecule has 6 nitrogen and oxygen atoms in total. The molecule has 0 saturated heterocycles. The lowest BCUT2D eigenvalue weighted by Gasteiger charge is -2.17. The molecule has 2 N–H and O–H groups in total. The molecule has 2 rings (SSSR count). The van der Waals surface area contributed by atoms with Crippen LogP contribution in [0.15, 0.2) is 60.7 Å². The van der Waals surface area contributed by atoms with Crippen molar-refractivity contribution in [3.63, 3.8) is 0 Å². The van der Waals surface area contributed by atoms with Gasteiger partial charge in [0.25, 0.3) is 0 Å². The van der Waals surface area contributed by atoms with Crippen LogP contribution in [-0.2, 0) is 9.59 Å². The minimum absolute atomic E-state index is 0.0368. The van der Waals surface area contributed by atoms with Crippen LogP contribution >= 0.6 is 23.5 Å². The molecule has 28 heavy (non-hydrogen) atoms. The Morgan fingerprint density at radius 2 is 1.39 bits per heavy atom. The second-order valence-corrected chi connectivity index (χ2v) is 7.96. The molecule has 0 spiro atoms. The first-order chi connectivity index (χ1) is 13.4. The molecule has 0 bridgehead atoms. The summed E-state index contributed by atoms with van der Waals surface area (Å²) in [5.74, 6) is -1.74. The third-order valence-electron chi connectivity index (χ3n) is 3.66. The van der Waals surface area contributed by atoms with Crippen molar-refractivity contribution in [2.75, 3.05) is 5.75 Å². The van der Waals surface area contributed by atoms with E-state index in [4.69, 9.17) is 5.11 Å². The van der Waals surface area contributed by atoms with Crippen molar-refractivity contribution in [2.24, 2.45) is 0 Å². The SMILES string of the molecule is C[C@H](NC(=O)C(CSC(=O)c1ccccc1)SC(=O)c1ccccc1)C(=O)O. The van der Waals surface area contributed by atoms with Gasteiger partial charge in [0.1, 0.15) is 11.3 Å². The summed E-state index contributed by atoms with van der Waals surface area (Å²) < 4.78 is 0. The molecule has 0 heterocycles. The molecular formula is C20H19NO5S2. The van der Waals surface area contributed by atoms with Gasteiger partial charge in [0, 0.05) is 16.9 Å². The van der Waals surface area contributed by atoms with E-state index in [1.54, 1.807) is 60.7 Å². The van der Waals surface area contributed by atoms with Gasteiger partial charge < -0.3 is 10.4 Å². The number of aliphatic carboxylic acids is 1. The summed E-state index contributed by atoms with van der Waals surface area (Å²) in [5.41, 5.74) is 0.918. The molecule has 0 fully saturated rings. The van der Waals surface area contributed by atoms with Crippen molar-refractivity contribution < 1.29 is 24.3 Å². The third-order valence-corrected chi connectivity index (χ3v) is 5.98. The fourth-order valence-corrected chi connectivity index (χ4v) is 4.05. The Labute approximate surface area is 171 Å². The molecule has 1 unspecified atom stereocenters. The number of amides is 1. The minimum atomic E-state index is -1.18. The van der Waals surface area contributed by atoms with Gasteiger partial charge in [-0.15, -0.1) is 0 Å². The highest BCUT2D eigenvalue weighted by Crippen LogP contribution is 2.24. The molecule has 2 aromatic rings. The molecule has 146 valence electrons. The van der Waals surface area contributed by atoms with Crippen molar-refractivity contribution in [3.8, 4) is 0 Å². The van der Waals surface area contributed by atoms with E-state index >= 15 is 0 Å². The molecule has 0 aliphatic heterocycles. The zero-order valence-electron chi connectivity index (χ0n) is 15.0. The van der Waals surface area contributed by atoms with Crippen molar-refractivity contribution in [1.82, 2.24) is 5.32 Å². The van der Waals surface area contributed by atoms with Crippen molar-refractivity contribution in [2.45, 2.75) is 18.2 Å². The van der Waals surface area contributed by atoms with Crippen LogP contribution in [0.2, 0.25) is 0 Å². The Morgan fingerprint density at radius 1 is 0.893 bits per heavy atom. The normalized spacial score (nSPS) is 12.6. The number of thioether (sulfide) groups is 2. The Bertz CT molecular complexity index is 842. The van der Waals surface area contributed by atoms with E-state index in [9.17, 15) is 19.2 Å². The lowest BCUT2D eigenvalue weighted by molar-refractivity contribution is -0.141. The highest BCUT2D eigenvalue weighted by molar-refractivity contribution is 8.18. The summed E-state index contributed by atoms with van der Waals surface area (Å²) in [4.78, 5) is 48.3. The largest absolute Gasteiger partial charge is 0.480 e. The molecule has 2 atom stereocenters. The topological polar surface area (TPSA) is 101 Å². The zero-order chi connectivity index (χ0) is 20.5. The predicted molar refractivity (Wildman–Crippen MR) is 111 cm³/mol. The van der Waals surface area contributed by atoms with E-state index in [-0.39, 0.29) is 16.0 Å². The van der Waals surface area contributed by atoms with Crippen LogP contribution < -0.4 is 5.32 Å². The number of carboxylic acids is 1. The Balaban J connectivity index is 2.08. The van der Waals surface area contributed by atoms with Crippen LogP contribution in [-0.4, -0.2) is 44.3 Å². The standard InChI is InChI=1S/C20H19NO5S2/c1-13(18(23)24)21-17(22)16(28-20(26)15-10-6-3-7-11-15)12-27-19(25)14-8-4-2-5-9-14/h2-11,13,16H,12H2,1H3,(H,21,22)(H,23,24)/t13-,16?/m0/s1. The van der Waals surface area contributed by atoms with Crippen LogP contribution in [0.5, 0.6) is 0 Å². The summed E-state index contributed by atoms with van der Waals surface area (Å²) in [7, 11) is 0. The summed E-state index contributed by atoms with van der Waals surface area (Å²) in [5, 5.41) is 9.90. The summed E-state index contributed by atoms with van der Waals surface area (Å²) >= 11 is 1.70. The second-order valence-electron chi connectivity index (χ2n) is 5.79. The van der Waals surface area contributed by atoms with Gasteiger partial charge >= 0.3 is 5.97 Å². The van der Waals surface area contributed by atoms with Crippen molar-refractivity contribution in [3.05, 3.63) is 71.8 Å². The van der Waals surface area contributed by atoms with Gasteiger partial charge in [0.05, 0.1) is 0 Å². The molecule has 2 aromatic carbocycles. The van der Waals surface area contributed by atoms with Gasteiger partial charge in [0.15, 0.2) is 0 Å². The Kier molecular flexibility index (Phi) is 8.28. The highest BCUT2D eigenvalue weighted by Gasteiger charge is 2.27. The molecule has 0 aliphatic carbocycles. The Hall–Kier alpha value is -2.58. The first-order valence-corrected chi connectivity index (χ1v) is 10.3. The van der Waals surface area contributed by atoms with E-state index in [0.717, 1.165) is 23.5 Å².